The van der Waals surface area contributed by atoms with E-state index >= 15 is 0 Å². The number of aliphatic carboxylic acids is 1. The monoisotopic (exact) mass is 255 g/mol. The maximum atomic E-state index is 10.7. The van der Waals surface area contributed by atoms with Crippen molar-refractivity contribution in [2.24, 2.45) is 0 Å². The molecule has 4 heteroatoms. The van der Waals surface area contributed by atoms with Crippen LogP contribution in [0.3, 0.4) is 0 Å². The third-order valence-electron chi connectivity index (χ3n) is 4.26. The van der Waals surface area contributed by atoms with Crippen LogP contribution in [0.15, 0.2) is 0 Å². The number of carboxylic acid groups (broad SMARTS) is 1. The van der Waals surface area contributed by atoms with Crippen molar-refractivity contribution in [3.63, 3.8) is 0 Å². The minimum absolute atomic E-state index is 0.261. The summed E-state index contributed by atoms with van der Waals surface area (Å²) in [7, 11) is 0. The second-order valence-electron chi connectivity index (χ2n) is 5.54. The fourth-order valence-corrected chi connectivity index (χ4v) is 3.28. The van der Waals surface area contributed by atoms with Gasteiger partial charge in [0.2, 0.25) is 0 Å². The first kappa shape index (κ1) is 13.8. The lowest BCUT2D eigenvalue weighted by atomic mass is 10.0. The average Bonchev–Trinajstić information content (AvgIpc) is 2.65. The van der Waals surface area contributed by atoms with Crippen molar-refractivity contribution in [1.29, 1.82) is 0 Å². The molecule has 104 valence electrons. The van der Waals surface area contributed by atoms with E-state index < -0.39 is 5.97 Å². The van der Waals surface area contributed by atoms with Crippen molar-refractivity contribution in [3.8, 4) is 0 Å². The van der Waals surface area contributed by atoms with Crippen LogP contribution in [0.2, 0.25) is 0 Å². The number of morpholine rings is 1. The van der Waals surface area contributed by atoms with E-state index in [9.17, 15) is 4.79 Å². The van der Waals surface area contributed by atoms with Gasteiger partial charge in [-0.3, -0.25) is 9.69 Å². The van der Waals surface area contributed by atoms with Gasteiger partial charge in [0.25, 0.3) is 0 Å². The van der Waals surface area contributed by atoms with Crippen LogP contribution in [-0.2, 0) is 9.53 Å². The summed E-state index contributed by atoms with van der Waals surface area (Å²) in [6.07, 6.45) is 8.93. The number of hydrogen-bond acceptors (Lipinski definition) is 3. The molecule has 1 N–H and O–H groups in total. The Morgan fingerprint density at radius 2 is 1.94 bits per heavy atom. The second-order valence-corrected chi connectivity index (χ2v) is 5.54. The number of rotatable bonds is 4. The lowest BCUT2D eigenvalue weighted by molar-refractivity contribution is -0.138. The molecule has 1 saturated heterocycles. The van der Waals surface area contributed by atoms with Crippen molar-refractivity contribution >= 4 is 5.97 Å². The van der Waals surface area contributed by atoms with E-state index in [1.807, 2.05) is 0 Å². The molecule has 1 aliphatic carbocycles. The first-order valence-corrected chi connectivity index (χ1v) is 7.32. The smallest absolute Gasteiger partial charge is 0.303 e. The molecule has 18 heavy (non-hydrogen) atoms. The van der Waals surface area contributed by atoms with Gasteiger partial charge < -0.3 is 9.84 Å². The van der Waals surface area contributed by atoms with Crippen molar-refractivity contribution in [2.75, 3.05) is 19.8 Å². The van der Waals surface area contributed by atoms with Crippen LogP contribution < -0.4 is 0 Å². The van der Waals surface area contributed by atoms with Crippen LogP contribution in [0, 0.1) is 0 Å². The molecule has 1 aliphatic heterocycles. The Kier molecular flexibility index (Phi) is 5.45. The fraction of sp³-hybridized carbons (Fsp3) is 0.929. The van der Waals surface area contributed by atoms with Crippen molar-refractivity contribution in [2.45, 2.75) is 63.5 Å². The third kappa shape index (κ3) is 3.95. The van der Waals surface area contributed by atoms with Crippen molar-refractivity contribution in [3.05, 3.63) is 0 Å². The highest BCUT2D eigenvalue weighted by Gasteiger charge is 2.29. The largest absolute Gasteiger partial charge is 0.481 e. The molecule has 2 aliphatic rings. The van der Waals surface area contributed by atoms with Crippen molar-refractivity contribution in [1.82, 2.24) is 4.90 Å². The molecule has 1 heterocycles. The Labute approximate surface area is 109 Å². The van der Waals surface area contributed by atoms with Crippen molar-refractivity contribution < 1.29 is 14.6 Å². The zero-order chi connectivity index (χ0) is 12.8. The van der Waals surface area contributed by atoms with E-state index in [0.717, 1.165) is 19.6 Å². The minimum Gasteiger partial charge on any atom is -0.481 e. The normalized spacial score (nSPS) is 27.9. The molecular weight excluding hydrogens is 230 g/mol. The molecule has 0 bridgehead atoms. The fourth-order valence-electron chi connectivity index (χ4n) is 3.28. The molecule has 0 radical (unpaired) electrons. The highest BCUT2D eigenvalue weighted by molar-refractivity contribution is 5.66. The Bertz CT molecular complexity index is 262. The van der Waals surface area contributed by atoms with E-state index in [-0.39, 0.29) is 6.42 Å². The highest BCUT2D eigenvalue weighted by Crippen LogP contribution is 2.26. The summed E-state index contributed by atoms with van der Waals surface area (Å²) in [5.41, 5.74) is 0. The number of nitrogens with zero attached hydrogens (tertiary/aromatic N) is 1. The molecule has 1 atom stereocenters. The summed E-state index contributed by atoms with van der Waals surface area (Å²) in [6, 6.07) is 0.980. The zero-order valence-electron chi connectivity index (χ0n) is 11.1. The van der Waals surface area contributed by atoms with E-state index in [1.165, 1.54) is 38.5 Å². The third-order valence-corrected chi connectivity index (χ3v) is 4.26. The SMILES string of the molecule is O=C(O)CCC1COCCN1C1CCCCCC1. The Morgan fingerprint density at radius 3 is 2.61 bits per heavy atom. The standard InChI is InChI=1S/C14H25NO3/c16-14(17)8-7-13-11-18-10-9-15(13)12-5-3-1-2-4-6-12/h12-13H,1-11H2,(H,16,17). The maximum absolute atomic E-state index is 10.7. The molecular formula is C14H25NO3. The molecule has 0 spiro atoms. The predicted molar refractivity (Wildman–Crippen MR) is 69.7 cm³/mol. The molecule has 4 nitrogen and oxygen atoms in total. The van der Waals surface area contributed by atoms with Gasteiger partial charge in [-0.05, 0) is 19.3 Å². The van der Waals surface area contributed by atoms with Crippen LogP contribution >= 0.6 is 0 Å². The van der Waals surface area contributed by atoms with Crippen LogP contribution in [0.25, 0.3) is 0 Å². The maximum Gasteiger partial charge on any atom is 0.303 e. The first-order chi connectivity index (χ1) is 8.77. The number of ether oxygens (including phenoxy) is 1. The Balaban J connectivity index is 1.90. The molecule has 0 amide bonds. The molecule has 1 unspecified atom stereocenters. The van der Waals surface area contributed by atoms with Crippen LogP contribution in [0.1, 0.15) is 51.4 Å². The van der Waals surface area contributed by atoms with Gasteiger partial charge in [0.15, 0.2) is 0 Å². The lowest BCUT2D eigenvalue weighted by Crippen LogP contribution is -2.50. The Hall–Kier alpha value is -0.610. The Morgan fingerprint density at radius 1 is 1.22 bits per heavy atom. The number of carboxylic acids is 1. The summed E-state index contributed by atoms with van der Waals surface area (Å²) < 4.78 is 5.53. The summed E-state index contributed by atoms with van der Waals surface area (Å²) in [6.45, 7) is 2.50. The molecule has 2 fully saturated rings. The van der Waals surface area contributed by atoms with E-state index in [0.29, 0.717) is 18.7 Å². The van der Waals surface area contributed by atoms with E-state index in [4.69, 9.17) is 9.84 Å². The highest BCUT2D eigenvalue weighted by atomic mass is 16.5. The van der Waals surface area contributed by atoms with E-state index in [2.05, 4.69) is 4.90 Å². The van der Waals surface area contributed by atoms with E-state index in [1.54, 1.807) is 0 Å². The van der Waals surface area contributed by atoms with Crippen LogP contribution in [-0.4, -0.2) is 47.8 Å². The van der Waals surface area contributed by atoms with Gasteiger partial charge in [0, 0.05) is 25.0 Å². The van der Waals surface area contributed by atoms with Crippen LogP contribution in [0.5, 0.6) is 0 Å². The summed E-state index contributed by atoms with van der Waals surface area (Å²) in [4.78, 5) is 13.3. The topological polar surface area (TPSA) is 49.8 Å². The predicted octanol–water partition coefficient (Wildman–Crippen LogP) is 2.27. The van der Waals surface area contributed by atoms with Gasteiger partial charge in [0.1, 0.15) is 0 Å². The number of hydrogen-bond donors (Lipinski definition) is 1. The van der Waals surface area contributed by atoms with Crippen LogP contribution in [0.4, 0.5) is 0 Å². The minimum atomic E-state index is -0.693. The molecule has 0 aromatic rings. The molecule has 0 aromatic heterocycles. The molecule has 0 aromatic carbocycles. The van der Waals surface area contributed by atoms with Gasteiger partial charge in [0.05, 0.1) is 13.2 Å². The summed E-state index contributed by atoms with van der Waals surface area (Å²) >= 11 is 0. The van der Waals surface area contributed by atoms with Gasteiger partial charge in [-0.2, -0.15) is 0 Å². The van der Waals surface area contributed by atoms with Gasteiger partial charge >= 0.3 is 5.97 Å². The zero-order valence-corrected chi connectivity index (χ0v) is 11.1. The van der Waals surface area contributed by atoms with Gasteiger partial charge in [-0.1, -0.05) is 25.7 Å². The number of carbonyl (C=O) groups is 1. The summed E-state index contributed by atoms with van der Waals surface area (Å²) in [5, 5.41) is 8.83. The average molecular weight is 255 g/mol. The molecule has 1 saturated carbocycles. The van der Waals surface area contributed by atoms with Gasteiger partial charge in [-0.15, -0.1) is 0 Å². The lowest BCUT2D eigenvalue weighted by Gasteiger charge is -2.41. The first-order valence-electron chi connectivity index (χ1n) is 7.32. The summed E-state index contributed by atoms with van der Waals surface area (Å²) in [5.74, 6) is -0.693. The quantitative estimate of drug-likeness (QED) is 0.783. The molecule has 2 rings (SSSR count). The second kappa shape index (κ2) is 7.10. The van der Waals surface area contributed by atoms with Gasteiger partial charge in [-0.25, -0.2) is 0 Å².